The average Bonchev–Trinajstić information content (AvgIpc) is 3.39. The molecule has 38 heavy (non-hydrogen) atoms. The zero-order valence-electron chi connectivity index (χ0n) is 23.3. The summed E-state index contributed by atoms with van der Waals surface area (Å²) in [5.74, 6) is -3.02. The number of aromatic nitrogens is 6. The molecule has 2 aliphatic heterocycles. The number of fused-ring (bicyclic) bond motifs is 2. The molecule has 1 atom stereocenters. The topological polar surface area (TPSA) is 97.4 Å². The van der Waals surface area contributed by atoms with Gasteiger partial charge in [0.2, 0.25) is 5.95 Å². The molecule has 2 aliphatic rings. The van der Waals surface area contributed by atoms with E-state index in [4.69, 9.17) is 8.85 Å². The van der Waals surface area contributed by atoms with E-state index < -0.39 is 38.5 Å². The minimum absolute atomic E-state index is 0.0198. The molecule has 2 saturated heterocycles. The predicted octanol–water partition coefficient (Wildman–Crippen LogP) is 3.28. The molecule has 4 aromatic rings. The maximum atomic E-state index is 15.1. The van der Waals surface area contributed by atoms with Gasteiger partial charge < -0.3 is 19.9 Å². The van der Waals surface area contributed by atoms with E-state index >= 15 is 8.78 Å². The van der Waals surface area contributed by atoms with Gasteiger partial charge in [-0.05, 0) is 31.5 Å². The third-order valence-corrected chi connectivity index (χ3v) is 7.08. The minimum atomic E-state index is -3.09. The van der Waals surface area contributed by atoms with Crippen LogP contribution in [0.15, 0.2) is 24.4 Å². The summed E-state index contributed by atoms with van der Waals surface area (Å²) in [6, 6.07) is 3.59. The lowest BCUT2D eigenvalue weighted by Gasteiger charge is -2.44. The zero-order chi connectivity index (χ0) is 29.1. The highest BCUT2D eigenvalue weighted by Crippen LogP contribution is 2.34. The fourth-order valence-electron chi connectivity index (χ4n) is 5.05. The van der Waals surface area contributed by atoms with Gasteiger partial charge in [0.25, 0.3) is 12.3 Å². The lowest BCUT2D eigenvalue weighted by Crippen LogP contribution is -2.61. The Morgan fingerprint density at radius 2 is 2.05 bits per heavy atom. The number of aryl methyl sites for hydroxylation is 1. The molecule has 0 spiro atoms. The van der Waals surface area contributed by atoms with Crippen LogP contribution in [0.25, 0.3) is 27.9 Å². The number of halogens is 4. The van der Waals surface area contributed by atoms with Crippen molar-refractivity contribution in [2.24, 2.45) is 0 Å². The molecule has 202 valence electrons. The average molecular weight is 537 g/mol. The number of pyridine rings is 1. The van der Waals surface area contributed by atoms with Gasteiger partial charge in [0.1, 0.15) is 16.9 Å². The summed E-state index contributed by atoms with van der Waals surface area (Å²) >= 11 is 0. The summed E-state index contributed by atoms with van der Waals surface area (Å²) < 4.78 is 87.6. The Balaban J connectivity index is 1.36. The molecule has 0 amide bonds. The molecule has 0 radical (unpaired) electrons. The highest BCUT2D eigenvalue weighted by Gasteiger charge is 2.47. The van der Waals surface area contributed by atoms with E-state index in [-0.39, 0.29) is 35.4 Å². The first-order valence-corrected chi connectivity index (χ1v) is 12.1. The summed E-state index contributed by atoms with van der Waals surface area (Å²) in [5.41, 5.74) is 1.64. The first-order chi connectivity index (χ1) is 19.4. The quantitative estimate of drug-likeness (QED) is 0.348. The fourth-order valence-corrected chi connectivity index (χ4v) is 5.05. The van der Waals surface area contributed by atoms with Crippen molar-refractivity contribution in [2.45, 2.75) is 44.3 Å². The van der Waals surface area contributed by atoms with Crippen molar-refractivity contribution >= 4 is 28.4 Å². The summed E-state index contributed by atoms with van der Waals surface area (Å²) in [6.45, 7) is -0.783. The second kappa shape index (κ2) is 9.34. The van der Waals surface area contributed by atoms with Crippen molar-refractivity contribution in [1.29, 1.82) is 0 Å². The number of rotatable bonds is 7. The molecule has 14 heteroatoms. The smallest absolute Gasteiger partial charge is 0.280 e. The largest absolute Gasteiger partial charge is 0.378 e. The molecule has 6 heterocycles. The van der Waals surface area contributed by atoms with Crippen molar-refractivity contribution in [3.05, 3.63) is 30.2 Å². The number of hydrogen-bond acceptors (Lipinski definition) is 8. The molecular formula is C24H27F4N9O. The van der Waals surface area contributed by atoms with Crippen molar-refractivity contribution < 1.29 is 26.4 Å². The SMILES string of the molecule is [2H]C([2H])([2H])Nc1nc(N[C@@H]2CCN(C3COC3)CC2(F)F)nn2ccc(-c3ccc4nc(C)n(CC(F)F)c4n3)c12. The Bertz CT molecular complexity index is 1590. The number of piperidine rings is 1. The van der Waals surface area contributed by atoms with E-state index in [1.165, 1.54) is 15.3 Å². The van der Waals surface area contributed by atoms with E-state index in [1.54, 1.807) is 30.0 Å². The van der Waals surface area contributed by atoms with Gasteiger partial charge in [0.05, 0.1) is 44.1 Å². The molecule has 0 bridgehead atoms. The maximum absolute atomic E-state index is 15.1. The van der Waals surface area contributed by atoms with Gasteiger partial charge in [0.15, 0.2) is 11.5 Å². The van der Waals surface area contributed by atoms with Crippen LogP contribution in [-0.4, -0.2) is 91.7 Å². The molecule has 2 N–H and O–H groups in total. The van der Waals surface area contributed by atoms with E-state index in [2.05, 4.69) is 30.7 Å². The van der Waals surface area contributed by atoms with Crippen molar-refractivity contribution in [3.8, 4) is 11.3 Å². The highest BCUT2D eigenvalue weighted by atomic mass is 19.3. The second-order valence-electron chi connectivity index (χ2n) is 9.54. The van der Waals surface area contributed by atoms with E-state index in [1.807, 2.05) is 0 Å². The Labute approximate surface area is 219 Å². The number of hydrogen-bond donors (Lipinski definition) is 2. The monoisotopic (exact) mass is 536 g/mol. The van der Waals surface area contributed by atoms with Crippen LogP contribution >= 0.6 is 0 Å². The van der Waals surface area contributed by atoms with Crippen molar-refractivity contribution in [2.75, 3.05) is 43.9 Å². The molecule has 6 rings (SSSR count). The van der Waals surface area contributed by atoms with Gasteiger partial charge in [0, 0.05) is 29.4 Å². The standard InChI is InChI=1S/C24H27F4N9O/c1-13-30-17-4-3-16(31-22(17)36(13)9-19(25)26)15-5-8-37-20(15)21(29-2)33-23(34-37)32-18-6-7-35(12-24(18,27)28)14-10-38-11-14/h3-5,8,14,18-19H,6-7,9-12H2,1-2H3,(H2,29,32,33,34)/t18-/m1/s1/i2D3. The number of ether oxygens (including phenoxy) is 1. The molecule has 2 fully saturated rings. The third kappa shape index (κ3) is 4.30. The number of nitrogens with one attached hydrogen (secondary N) is 2. The van der Waals surface area contributed by atoms with Crippen molar-refractivity contribution in [3.63, 3.8) is 0 Å². The van der Waals surface area contributed by atoms with Gasteiger partial charge in [-0.2, -0.15) is 4.98 Å². The van der Waals surface area contributed by atoms with Gasteiger partial charge in [-0.25, -0.2) is 32.0 Å². The van der Waals surface area contributed by atoms with Crippen LogP contribution in [0, 0.1) is 6.92 Å². The number of likely N-dealkylation sites (tertiary alicyclic amines) is 1. The summed E-state index contributed by atoms with van der Waals surface area (Å²) in [7, 11) is 0. The van der Waals surface area contributed by atoms with Crippen LogP contribution in [0.2, 0.25) is 0 Å². The number of alkyl halides is 4. The Morgan fingerprint density at radius 1 is 1.21 bits per heavy atom. The highest BCUT2D eigenvalue weighted by molar-refractivity contribution is 5.89. The lowest BCUT2D eigenvalue weighted by molar-refractivity contribution is -0.131. The summed E-state index contributed by atoms with van der Waals surface area (Å²) in [4.78, 5) is 14.8. The Hall–Kier alpha value is -3.52. The van der Waals surface area contributed by atoms with Crippen molar-refractivity contribution in [1.82, 2.24) is 34.0 Å². The van der Waals surface area contributed by atoms with Gasteiger partial charge in [-0.1, -0.05) is 0 Å². The van der Waals surface area contributed by atoms with Crippen LogP contribution in [-0.2, 0) is 11.3 Å². The van der Waals surface area contributed by atoms with E-state index in [0.29, 0.717) is 42.4 Å². The third-order valence-electron chi connectivity index (χ3n) is 7.08. The van der Waals surface area contributed by atoms with E-state index in [9.17, 15) is 8.78 Å². The Morgan fingerprint density at radius 3 is 2.76 bits per heavy atom. The van der Waals surface area contributed by atoms with Crippen LogP contribution in [0.5, 0.6) is 0 Å². The molecule has 0 saturated carbocycles. The molecule has 0 aliphatic carbocycles. The number of nitrogens with zero attached hydrogens (tertiary/aromatic N) is 7. The van der Waals surface area contributed by atoms with Crippen LogP contribution in [0.3, 0.4) is 0 Å². The normalized spacial score (nSPS) is 21.8. The number of imidazole rings is 1. The molecule has 4 aromatic heterocycles. The number of anilines is 2. The van der Waals surface area contributed by atoms with E-state index in [0.717, 1.165) is 0 Å². The predicted molar refractivity (Wildman–Crippen MR) is 133 cm³/mol. The fraction of sp³-hybridized carbons (Fsp3) is 0.500. The van der Waals surface area contributed by atoms with Crippen LogP contribution in [0.4, 0.5) is 29.3 Å². The molecule has 0 aromatic carbocycles. The van der Waals surface area contributed by atoms with Crippen LogP contribution < -0.4 is 10.6 Å². The summed E-state index contributed by atoms with van der Waals surface area (Å²) in [5, 5.41) is 9.42. The summed E-state index contributed by atoms with van der Waals surface area (Å²) in [6.07, 6.45) is -0.972. The minimum Gasteiger partial charge on any atom is -0.378 e. The van der Waals surface area contributed by atoms with Gasteiger partial charge >= 0.3 is 0 Å². The Kier molecular flexibility index (Phi) is 5.27. The molecule has 0 unspecified atom stereocenters. The lowest BCUT2D eigenvalue weighted by atomic mass is 9.98. The molecule has 10 nitrogen and oxygen atoms in total. The van der Waals surface area contributed by atoms with Crippen LogP contribution in [0.1, 0.15) is 16.4 Å². The maximum Gasteiger partial charge on any atom is 0.280 e. The second-order valence-corrected chi connectivity index (χ2v) is 9.54. The van der Waals surface area contributed by atoms with Gasteiger partial charge in [-0.15, -0.1) is 5.10 Å². The van der Waals surface area contributed by atoms with Gasteiger partial charge in [-0.3, -0.25) is 4.90 Å². The first kappa shape index (κ1) is 21.4. The zero-order valence-corrected chi connectivity index (χ0v) is 20.3. The molecular weight excluding hydrogens is 506 g/mol. The first-order valence-electron chi connectivity index (χ1n) is 13.6.